The average Bonchev–Trinajstić information content (AvgIpc) is 3.23. The molecule has 0 spiro atoms. The summed E-state index contributed by atoms with van der Waals surface area (Å²) in [5, 5.41) is 8.22. The molecule has 0 fully saturated rings. The number of aromatic nitrogens is 3. The van der Waals surface area contributed by atoms with E-state index in [1.807, 2.05) is 47.1 Å². The van der Waals surface area contributed by atoms with Gasteiger partial charge in [0.05, 0.1) is 18.3 Å². The van der Waals surface area contributed by atoms with Gasteiger partial charge in [0.25, 0.3) is 5.91 Å². The van der Waals surface area contributed by atoms with Crippen LogP contribution in [-0.2, 0) is 19.5 Å². The Morgan fingerprint density at radius 2 is 2.19 bits per heavy atom. The van der Waals surface area contributed by atoms with Crippen LogP contribution >= 0.6 is 11.6 Å². The van der Waals surface area contributed by atoms with Gasteiger partial charge < -0.3 is 14.8 Å². The van der Waals surface area contributed by atoms with Crippen LogP contribution in [0.25, 0.3) is 0 Å². The molecule has 32 heavy (non-hydrogen) atoms. The van der Waals surface area contributed by atoms with Crippen molar-refractivity contribution >= 4 is 17.5 Å². The van der Waals surface area contributed by atoms with E-state index in [0.717, 1.165) is 43.2 Å². The number of hydrogen-bond acceptors (Lipinski definition) is 6. The lowest BCUT2D eigenvalue weighted by molar-refractivity contribution is 0.0909. The van der Waals surface area contributed by atoms with Crippen LogP contribution in [0.4, 0.5) is 0 Å². The third-order valence-electron chi connectivity index (χ3n) is 5.67. The molecular weight excluding hydrogens is 430 g/mol. The van der Waals surface area contributed by atoms with Crippen LogP contribution < -0.4 is 14.8 Å². The number of rotatable bonds is 6. The molecule has 0 saturated heterocycles. The molecule has 0 unspecified atom stereocenters. The second-order valence-electron chi connectivity index (χ2n) is 7.97. The van der Waals surface area contributed by atoms with Gasteiger partial charge in [0.15, 0.2) is 5.69 Å². The fraction of sp³-hybridized carbons (Fsp3) is 0.348. The predicted molar refractivity (Wildman–Crippen MR) is 119 cm³/mol. The standard InChI is InChI=1S/C23H24ClN5O3/c24-17-4-5-21-16(11-17)12-18(15-32-21)26-23(30)20-13-19-14-28(7-8-29(19)27-20)9-10-31-22-3-1-2-6-25-22/h1-6,11,13,18H,7-10,12,14-15H2,(H,26,30)/t18-/m1/s1. The Kier molecular flexibility index (Phi) is 5.96. The molecule has 2 aliphatic rings. The Hall–Kier alpha value is -3.10. The number of pyridine rings is 1. The zero-order chi connectivity index (χ0) is 21.9. The maximum Gasteiger partial charge on any atom is 0.272 e. The van der Waals surface area contributed by atoms with Crippen LogP contribution in [0, 0.1) is 0 Å². The van der Waals surface area contributed by atoms with E-state index in [9.17, 15) is 4.79 Å². The molecule has 1 atom stereocenters. The monoisotopic (exact) mass is 453 g/mol. The number of ether oxygens (including phenoxy) is 2. The Bertz CT molecular complexity index is 1100. The van der Waals surface area contributed by atoms with Crippen molar-refractivity contribution in [3.8, 4) is 11.6 Å². The Morgan fingerprint density at radius 1 is 1.25 bits per heavy atom. The van der Waals surface area contributed by atoms with Gasteiger partial charge in [0.1, 0.15) is 19.0 Å². The van der Waals surface area contributed by atoms with Gasteiger partial charge in [-0.3, -0.25) is 14.4 Å². The lowest BCUT2D eigenvalue weighted by Gasteiger charge is -2.27. The summed E-state index contributed by atoms with van der Waals surface area (Å²) >= 11 is 6.09. The van der Waals surface area contributed by atoms with Crippen LogP contribution in [0.1, 0.15) is 21.7 Å². The number of nitrogens with one attached hydrogen (secondary N) is 1. The topological polar surface area (TPSA) is 81.5 Å². The summed E-state index contributed by atoms with van der Waals surface area (Å²) in [4.78, 5) is 19.3. The summed E-state index contributed by atoms with van der Waals surface area (Å²) in [6.45, 7) is 4.10. The molecule has 1 amide bonds. The summed E-state index contributed by atoms with van der Waals surface area (Å²) in [5.41, 5.74) is 2.46. The quantitative estimate of drug-likeness (QED) is 0.617. The summed E-state index contributed by atoms with van der Waals surface area (Å²) in [5.74, 6) is 1.27. The highest BCUT2D eigenvalue weighted by atomic mass is 35.5. The number of fused-ring (bicyclic) bond motifs is 2. The molecular formula is C23H24ClN5O3. The van der Waals surface area contributed by atoms with Crippen molar-refractivity contribution < 1.29 is 14.3 Å². The molecule has 3 aromatic rings. The van der Waals surface area contributed by atoms with Crippen LogP contribution in [0.3, 0.4) is 0 Å². The molecule has 5 rings (SSSR count). The molecule has 2 aromatic heterocycles. The number of hydrogen-bond donors (Lipinski definition) is 1. The molecule has 1 aromatic carbocycles. The fourth-order valence-electron chi connectivity index (χ4n) is 4.05. The number of benzene rings is 1. The normalized spacial score (nSPS) is 17.7. The van der Waals surface area contributed by atoms with Crippen molar-refractivity contribution in [1.82, 2.24) is 25.0 Å². The van der Waals surface area contributed by atoms with E-state index in [-0.39, 0.29) is 11.9 Å². The fourth-order valence-corrected chi connectivity index (χ4v) is 4.24. The van der Waals surface area contributed by atoms with E-state index < -0.39 is 0 Å². The largest absolute Gasteiger partial charge is 0.491 e. The van der Waals surface area contributed by atoms with Gasteiger partial charge >= 0.3 is 0 Å². The van der Waals surface area contributed by atoms with E-state index in [4.69, 9.17) is 21.1 Å². The number of amides is 1. The average molecular weight is 454 g/mol. The molecule has 166 valence electrons. The first-order chi connectivity index (χ1) is 15.6. The highest BCUT2D eigenvalue weighted by Gasteiger charge is 2.25. The minimum absolute atomic E-state index is 0.118. The maximum absolute atomic E-state index is 12.8. The predicted octanol–water partition coefficient (Wildman–Crippen LogP) is 2.56. The van der Waals surface area contributed by atoms with Crippen LogP contribution in [0.15, 0.2) is 48.7 Å². The third-order valence-corrected chi connectivity index (χ3v) is 5.90. The summed E-state index contributed by atoms with van der Waals surface area (Å²) < 4.78 is 13.4. The second-order valence-corrected chi connectivity index (χ2v) is 8.41. The Balaban J connectivity index is 1.15. The van der Waals surface area contributed by atoms with Crippen LogP contribution in [-0.4, -0.2) is 57.9 Å². The van der Waals surface area contributed by atoms with Gasteiger partial charge in [-0.25, -0.2) is 4.98 Å². The van der Waals surface area contributed by atoms with E-state index in [0.29, 0.717) is 36.2 Å². The minimum Gasteiger partial charge on any atom is -0.491 e. The van der Waals surface area contributed by atoms with Gasteiger partial charge in [0, 0.05) is 36.9 Å². The molecule has 1 N–H and O–H groups in total. The first-order valence-electron chi connectivity index (χ1n) is 10.7. The maximum atomic E-state index is 12.8. The highest BCUT2D eigenvalue weighted by Crippen LogP contribution is 2.27. The summed E-state index contributed by atoms with van der Waals surface area (Å²) in [7, 11) is 0. The highest BCUT2D eigenvalue weighted by molar-refractivity contribution is 6.30. The smallest absolute Gasteiger partial charge is 0.272 e. The Labute approximate surface area is 191 Å². The molecule has 8 nitrogen and oxygen atoms in total. The molecule has 2 aliphatic heterocycles. The minimum atomic E-state index is -0.184. The second kappa shape index (κ2) is 9.18. The molecule has 4 heterocycles. The van der Waals surface area contributed by atoms with Crippen molar-refractivity contribution in [3.63, 3.8) is 0 Å². The molecule has 0 aliphatic carbocycles. The van der Waals surface area contributed by atoms with E-state index >= 15 is 0 Å². The van der Waals surface area contributed by atoms with Crippen LogP contribution in [0.5, 0.6) is 11.6 Å². The van der Waals surface area contributed by atoms with Gasteiger partial charge in [-0.15, -0.1) is 0 Å². The van der Waals surface area contributed by atoms with Crippen molar-refractivity contribution in [3.05, 3.63) is 70.6 Å². The number of carbonyl (C=O) groups excluding carboxylic acids is 1. The third kappa shape index (κ3) is 4.71. The first-order valence-corrected chi connectivity index (χ1v) is 11.1. The first kappa shape index (κ1) is 20.8. The lowest BCUT2D eigenvalue weighted by Crippen LogP contribution is -2.42. The zero-order valence-electron chi connectivity index (χ0n) is 17.5. The van der Waals surface area contributed by atoms with Crippen molar-refractivity contribution in [1.29, 1.82) is 0 Å². The van der Waals surface area contributed by atoms with Gasteiger partial charge in [-0.1, -0.05) is 17.7 Å². The molecule has 0 bridgehead atoms. The van der Waals surface area contributed by atoms with Gasteiger partial charge in [0.2, 0.25) is 5.88 Å². The van der Waals surface area contributed by atoms with Crippen molar-refractivity contribution in [2.24, 2.45) is 0 Å². The number of halogens is 1. The molecule has 0 saturated carbocycles. The molecule has 9 heteroatoms. The van der Waals surface area contributed by atoms with E-state index in [1.165, 1.54) is 0 Å². The Morgan fingerprint density at radius 3 is 3.06 bits per heavy atom. The zero-order valence-corrected chi connectivity index (χ0v) is 18.3. The number of nitrogens with zero attached hydrogens (tertiary/aromatic N) is 4. The molecule has 0 radical (unpaired) electrons. The van der Waals surface area contributed by atoms with Gasteiger partial charge in [-0.2, -0.15) is 5.10 Å². The number of carbonyl (C=O) groups is 1. The summed E-state index contributed by atoms with van der Waals surface area (Å²) in [6.07, 6.45) is 2.40. The van der Waals surface area contributed by atoms with Crippen molar-refractivity contribution in [2.75, 3.05) is 26.3 Å². The summed E-state index contributed by atoms with van der Waals surface area (Å²) in [6, 6.07) is 12.9. The van der Waals surface area contributed by atoms with Crippen molar-refractivity contribution in [2.45, 2.75) is 25.6 Å². The SMILES string of the molecule is O=C(N[C@H]1COc2ccc(Cl)cc2C1)c1cc2n(n1)CCN(CCOc1ccccn1)C2. The van der Waals surface area contributed by atoms with Crippen LogP contribution in [0.2, 0.25) is 5.02 Å². The lowest BCUT2D eigenvalue weighted by atomic mass is 10.0. The van der Waals surface area contributed by atoms with Gasteiger partial charge in [-0.05, 0) is 42.3 Å². The van der Waals surface area contributed by atoms with E-state index in [1.54, 1.807) is 6.20 Å². The van der Waals surface area contributed by atoms with E-state index in [2.05, 4.69) is 20.3 Å².